The van der Waals surface area contributed by atoms with Crippen LogP contribution in [0.15, 0.2) is 78.9 Å². The van der Waals surface area contributed by atoms with Crippen LogP contribution in [0.1, 0.15) is 55.3 Å². The number of hydrogen-bond acceptors (Lipinski definition) is 2. The van der Waals surface area contributed by atoms with Gasteiger partial charge in [-0.05, 0) is 59.7 Å². The molecule has 1 heterocycles. The van der Waals surface area contributed by atoms with Crippen molar-refractivity contribution in [2.24, 2.45) is 5.92 Å². The van der Waals surface area contributed by atoms with Crippen LogP contribution in [-0.2, 0) is 4.79 Å². The van der Waals surface area contributed by atoms with Gasteiger partial charge in [-0.15, -0.1) is 0 Å². The Morgan fingerprint density at radius 2 is 1.26 bits per heavy atom. The van der Waals surface area contributed by atoms with Gasteiger partial charge in [0.05, 0.1) is 12.0 Å². The van der Waals surface area contributed by atoms with Gasteiger partial charge in [0.2, 0.25) is 0 Å². The second kappa shape index (κ2) is 9.49. The van der Waals surface area contributed by atoms with E-state index in [1.54, 1.807) is 0 Å². The molecule has 1 aliphatic heterocycles. The molecule has 1 atom stereocenters. The van der Waals surface area contributed by atoms with Gasteiger partial charge >= 0.3 is 5.97 Å². The highest BCUT2D eigenvalue weighted by molar-refractivity contribution is 5.70. The summed E-state index contributed by atoms with van der Waals surface area (Å²) in [5, 5.41) is 9.40. The van der Waals surface area contributed by atoms with Crippen molar-refractivity contribution < 1.29 is 9.90 Å². The lowest BCUT2D eigenvalue weighted by Crippen LogP contribution is -2.39. The third-order valence-electron chi connectivity index (χ3n) is 6.50. The van der Waals surface area contributed by atoms with E-state index in [0.29, 0.717) is 18.8 Å². The lowest BCUT2D eigenvalue weighted by atomic mass is 9.89. The predicted octanol–water partition coefficient (Wildman–Crippen LogP) is 6.36. The fourth-order valence-corrected chi connectivity index (χ4v) is 4.57. The number of rotatable bonds is 6. The second-order valence-electron chi connectivity index (χ2n) is 8.86. The zero-order valence-corrected chi connectivity index (χ0v) is 18.4. The molecule has 0 amide bonds. The van der Waals surface area contributed by atoms with E-state index in [2.05, 4.69) is 91.5 Å². The Morgan fingerprint density at radius 1 is 0.774 bits per heavy atom. The Labute approximate surface area is 185 Å². The fraction of sp³-hybridized carbons (Fsp3) is 0.321. The molecule has 3 aromatic rings. The average molecular weight is 414 g/mol. The van der Waals surface area contributed by atoms with Gasteiger partial charge in [0, 0.05) is 0 Å². The van der Waals surface area contributed by atoms with Crippen molar-refractivity contribution in [2.45, 2.75) is 38.6 Å². The summed E-state index contributed by atoms with van der Waals surface area (Å²) < 4.78 is 0. The first-order valence-corrected chi connectivity index (χ1v) is 11.2. The number of piperidine rings is 1. The lowest BCUT2D eigenvalue weighted by Gasteiger charge is -2.37. The van der Waals surface area contributed by atoms with Crippen molar-refractivity contribution in [2.75, 3.05) is 13.1 Å². The minimum Gasteiger partial charge on any atom is -0.481 e. The average Bonchev–Trinajstić information content (AvgIpc) is 2.81. The van der Waals surface area contributed by atoms with Crippen molar-refractivity contribution in [1.82, 2.24) is 4.90 Å². The maximum Gasteiger partial charge on any atom is 0.306 e. The molecule has 1 unspecified atom stereocenters. The number of carboxylic acid groups (broad SMARTS) is 1. The summed E-state index contributed by atoms with van der Waals surface area (Å²) in [4.78, 5) is 13.9. The molecule has 3 aromatic carbocycles. The van der Waals surface area contributed by atoms with Gasteiger partial charge in [-0.25, -0.2) is 0 Å². The lowest BCUT2D eigenvalue weighted by molar-refractivity contribution is -0.143. The van der Waals surface area contributed by atoms with Gasteiger partial charge in [-0.2, -0.15) is 0 Å². The van der Waals surface area contributed by atoms with Crippen molar-refractivity contribution in [3.8, 4) is 11.1 Å². The maximum absolute atomic E-state index is 11.4. The van der Waals surface area contributed by atoms with Gasteiger partial charge < -0.3 is 5.11 Å². The first-order chi connectivity index (χ1) is 15.0. The molecule has 160 valence electrons. The summed E-state index contributed by atoms with van der Waals surface area (Å²) in [6, 6.07) is 28.4. The van der Waals surface area contributed by atoms with Crippen LogP contribution in [0, 0.1) is 5.92 Å². The molecule has 0 radical (unpaired) electrons. The first kappa shape index (κ1) is 21.3. The smallest absolute Gasteiger partial charge is 0.306 e. The topological polar surface area (TPSA) is 40.5 Å². The molecule has 1 N–H and O–H groups in total. The zero-order valence-electron chi connectivity index (χ0n) is 18.4. The third kappa shape index (κ3) is 4.88. The Bertz CT molecular complexity index is 985. The van der Waals surface area contributed by atoms with Crippen molar-refractivity contribution >= 4 is 5.97 Å². The molecule has 0 aromatic heterocycles. The number of benzene rings is 3. The van der Waals surface area contributed by atoms with Crippen LogP contribution in [0.3, 0.4) is 0 Å². The maximum atomic E-state index is 11.4. The quantitative estimate of drug-likeness (QED) is 0.511. The predicted molar refractivity (Wildman–Crippen MR) is 126 cm³/mol. The monoisotopic (exact) mass is 413 g/mol. The van der Waals surface area contributed by atoms with Crippen LogP contribution in [-0.4, -0.2) is 29.1 Å². The third-order valence-corrected chi connectivity index (χ3v) is 6.50. The van der Waals surface area contributed by atoms with E-state index in [0.717, 1.165) is 13.1 Å². The van der Waals surface area contributed by atoms with Gasteiger partial charge in [-0.3, -0.25) is 9.69 Å². The highest BCUT2D eigenvalue weighted by Gasteiger charge is 2.30. The molecule has 4 rings (SSSR count). The summed E-state index contributed by atoms with van der Waals surface area (Å²) >= 11 is 0. The number of carboxylic acids is 1. The fourth-order valence-electron chi connectivity index (χ4n) is 4.57. The van der Waals surface area contributed by atoms with Gasteiger partial charge in [0.1, 0.15) is 0 Å². The Morgan fingerprint density at radius 3 is 1.77 bits per heavy atom. The molecule has 1 aliphatic rings. The van der Waals surface area contributed by atoms with E-state index in [-0.39, 0.29) is 12.0 Å². The minimum atomic E-state index is -0.662. The summed E-state index contributed by atoms with van der Waals surface area (Å²) in [6.07, 6.45) is 1.41. The highest BCUT2D eigenvalue weighted by Crippen LogP contribution is 2.34. The molecule has 1 saturated heterocycles. The normalized spacial score (nSPS) is 16.4. The summed E-state index contributed by atoms with van der Waals surface area (Å²) in [5.74, 6) is -0.380. The van der Waals surface area contributed by atoms with Crippen LogP contribution in [0.5, 0.6) is 0 Å². The summed E-state index contributed by atoms with van der Waals surface area (Å²) in [5.41, 5.74) is 6.29. The van der Waals surface area contributed by atoms with E-state index in [1.165, 1.54) is 27.8 Å². The van der Waals surface area contributed by atoms with Crippen molar-refractivity contribution in [1.29, 1.82) is 0 Å². The molecule has 31 heavy (non-hydrogen) atoms. The molecule has 3 heteroatoms. The van der Waals surface area contributed by atoms with E-state index >= 15 is 0 Å². The van der Waals surface area contributed by atoms with Gasteiger partial charge in [-0.1, -0.05) is 92.7 Å². The number of hydrogen-bond donors (Lipinski definition) is 1. The number of aliphatic carboxylic acids is 1. The summed E-state index contributed by atoms with van der Waals surface area (Å²) in [6.45, 7) is 6.03. The van der Waals surface area contributed by atoms with E-state index < -0.39 is 5.97 Å². The number of nitrogens with zero attached hydrogens (tertiary/aromatic N) is 1. The Hall–Kier alpha value is -2.91. The molecule has 3 nitrogen and oxygen atoms in total. The van der Waals surface area contributed by atoms with Gasteiger partial charge in [0.25, 0.3) is 0 Å². The number of likely N-dealkylation sites (tertiary alicyclic amines) is 1. The molecular formula is C28H31NO2. The summed E-state index contributed by atoms with van der Waals surface area (Å²) in [7, 11) is 0. The molecule has 1 fully saturated rings. The van der Waals surface area contributed by atoms with E-state index in [4.69, 9.17) is 0 Å². The largest absolute Gasteiger partial charge is 0.481 e. The van der Waals surface area contributed by atoms with Crippen LogP contribution in [0.25, 0.3) is 11.1 Å². The van der Waals surface area contributed by atoms with Crippen molar-refractivity contribution in [3.05, 3.63) is 95.6 Å². The van der Waals surface area contributed by atoms with Crippen molar-refractivity contribution in [3.63, 3.8) is 0 Å². The standard InChI is InChI=1S/C28H31NO2/c1-20(2)21-8-12-24(13-9-21)27(29-18-16-26(17-19-29)28(30)31)25-14-10-23(11-15-25)22-6-4-3-5-7-22/h3-15,20,26-27H,16-19H2,1-2H3,(H,30,31). The van der Waals surface area contributed by atoms with Crippen LogP contribution in [0.2, 0.25) is 0 Å². The van der Waals surface area contributed by atoms with Crippen LogP contribution < -0.4 is 0 Å². The Kier molecular flexibility index (Phi) is 6.53. The van der Waals surface area contributed by atoms with E-state index in [9.17, 15) is 9.90 Å². The highest BCUT2D eigenvalue weighted by atomic mass is 16.4. The minimum absolute atomic E-state index is 0.140. The Balaban J connectivity index is 1.64. The molecule has 0 saturated carbocycles. The number of carbonyl (C=O) groups is 1. The van der Waals surface area contributed by atoms with Crippen LogP contribution in [0.4, 0.5) is 0 Å². The molecular weight excluding hydrogens is 382 g/mol. The second-order valence-corrected chi connectivity index (χ2v) is 8.86. The SMILES string of the molecule is CC(C)c1ccc(C(c2ccc(-c3ccccc3)cc2)N2CCC(C(=O)O)CC2)cc1. The molecule has 0 spiro atoms. The zero-order chi connectivity index (χ0) is 21.8. The molecule has 0 aliphatic carbocycles. The molecule has 0 bridgehead atoms. The first-order valence-electron chi connectivity index (χ1n) is 11.2. The van der Waals surface area contributed by atoms with Gasteiger partial charge in [0.15, 0.2) is 0 Å². The van der Waals surface area contributed by atoms with E-state index in [1.807, 2.05) is 6.07 Å². The van der Waals surface area contributed by atoms with Crippen LogP contribution >= 0.6 is 0 Å².